The van der Waals surface area contributed by atoms with Crippen molar-refractivity contribution >= 4 is 29.4 Å². The van der Waals surface area contributed by atoms with E-state index in [0.29, 0.717) is 51.9 Å². The van der Waals surface area contributed by atoms with E-state index < -0.39 is 23.7 Å². The summed E-state index contributed by atoms with van der Waals surface area (Å²) in [7, 11) is 0. The molecule has 1 aromatic rings. The van der Waals surface area contributed by atoms with Gasteiger partial charge in [-0.05, 0) is 19.3 Å². The van der Waals surface area contributed by atoms with Crippen LogP contribution in [0.25, 0.3) is 0 Å². The van der Waals surface area contributed by atoms with E-state index in [9.17, 15) is 9.59 Å². The lowest BCUT2D eigenvalue weighted by molar-refractivity contribution is -0.132. The van der Waals surface area contributed by atoms with Crippen LogP contribution in [-0.2, 0) is 16.1 Å². The number of nitrogens with zero attached hydrogens (tertiary/aromatic N) is 10. The minimum atomic E-state index is -1.01. The largest absolute Gasteiger partial charge is 0.358 e. The highest BCUT2D eigenvalue weighted by atomic mass is 35.5. The number of rotatable bonds is 7. The Morgan fingerprint density at radius 1 is 1.24 bits per heavy atom. The highest BCUT2D eigenvalue weighted by molar-refractivity contribution is 6.29. The average Bonchev–Trinajstić information content (AvgIpc) is 3.49. The Morgan fingerprint density at radius 2 is 2.03 bits per heavy atom. The van der Waals surface area contributed by atoms with Crippen molar-refractivity contribution in [2.75, 3.05) is 19.6 Å². The molecule has 37 heavy (non-hydrogen) atoms. The van der Waals surface area contributed by atoms with Gasteiger partial charge in [0.2, 0.25) is 11.9 Å². The first-order valence-electron chi connectivity index (χ1n) is 11.5. The first kappa shape index (κ1) is 26.0. The van der Waals surface area contributed by atoms with E-state index in [-0.39, 0.29) is 22.8 Å². The predicted molar refractivity (Wildman–Crippen MR) is 129 cm³/mol. The fraction of sp³-hybridized carbons (Fsp3) is 0.611. The molecule has 2 amide bonds. The van der Waals surface area contributed by atoms with Gasteiger partial charge in [-0.1, -0.05) is 22.0 Å². The number of halogens is 1. The Balaban J connectivity index is 1.33. The SMILES string of the molecule is NN=NC1=C(Cl)NC(C(=O)NC2=NC3(CCN(C(=O)CCCn4cncn4)CC3)CN2N)C(N=NN)N1. The Labute approximate surface area is 216 Å². The quantitative estimate of drug-likeness (QED) is 0.0965. The molecule has 2 unspecified atom stereocenters. The van der Waals surface area contributed by atoms with E-state index in [4.69, 9.17) is 34.1 Å². The Bertz CT molecular complexity index is 1090. The van der Waals surface area contributed by atoms with E-state index in [1.807, 2.05) is 4.90 Å². The summed E-state index contributed by atoms with van der Waals surface area (Å²) in [5.41, 5.74) is -0.504. The summed E-state index contributed by atoms with van der Waals surface area (Å²) < 4.78 is 1.70. The summed E-state index contributed by atoms with van der Waals surface area (Å²) in [4.78, 5) is 36.1. The van der Waals surface area contributed by atoms with E-state index in [1.165, 1.54) is 11.3 Å². The van der Waals surface area contributed by atoms with Crippen molar-refractivity contribution in [1.29, 1.82) is 0 Å². The Kier molecular flexibility index (Phi) is 7.97. The number of hydrazine groups is 1. The van der Waals surface area contributed by atoms with Crippen molar-refractivity contribution in [1.82, 2.24) is 40.6 Å². The van der Waals surface area contributed by atoms with Crippen LogP contribution >= 0.6 is 11.6 Å². The fourth-order valence-electron chi connectivity index (χ4n) is 4.42. The molecule has 1 fully saturated rings. The molecule has 1 spiro atoms. The lowest BCUT2D eigenvalue weighted by Crippen LogP contribution is -2.60. The normalized spacial score (nSPS) is 23.5. The van der Waals surface area contributed by atoms with Crippen LogP contribution in [0.3, 0.4) is 0 Å². The summed E-state index contributed by atoms with van der Waals surface area (Å²) in [5, 5.41) is 27.5. The van der Waals surface area contributed by atoms with Crippen LogP contribution in [0.4, 0.5) is 0 Å². The van der Waals surface area contributed by atoms with Gasteiger partial charge >= 0.3 is 0 Å². The third-order valence-corrected chi connectivity index (χ3v) is 6.62. The van der Waals surface area contributed by atoms with Crippen LogP contribution in [0.5, 0.6) is 0 Å². The number of hydrogen-bond donors (Lipinski definition) is 6. The number of carbonyl (C=O) groups is 2. The first-order valence-corrected chi connectivity index (χ1v) is 11.9. The van der Waals surface area contributed by atoms with Crippen LogP contribution in [-0.4, -0.2) is 79.8 Å². The molecule has 2 atom stereocenters. The molecule has 0 radical (unpaired) electrons. The van der Waals surface area contributed by atoms with Gasteiger partial charge in [0, 0.05) is 26.1 Å². The monoisotopic (exact) mass is 536 g/mol. The molecule has 3 aliphatic rings. The number of aryl methyl sites for hydroxylation is 1. The molecule has 4 rings (SSSR count). The average molecular weight is 537 g/mol. The molecular formula is C18H29ClN16O2. The molecule has 0 saturated carbocycles. The number of nitrogens with one attached hydrogen (secondary N) is 3. The number of guanidine groups is 1. The lowest BCUT2D eigenvalue weighted by Gasteiger charge is -2.37. The third-order valence-electron chi connectivity index (χ3n) is 6.33. The molecule has 4 heterocycles. The van der Waals surface area contributed by atoms with Gasteiger partial charge in [-0.15, -0.1) is 10.2 Å². The summed E-state index contributed by atoms with van der Waals surface area (Å²) in [5.74, 6) is 16.3. The number of aromatic nitrogens is 3. The van der Waals surface area contributed by atoms with Crippen molar-refractivity contribution in [3.05, 3.63) is 23.6 Å². The van der Waals surface area contributed by atoms with E-state index in [0.717, 1.165) is 0 Å². The topological polar surface area (TPSA) is 247 Å². The van der Waals surface area contributed by atoms with Crippen LogP contribution in [0.15, 0.2) is 49.3 Å². The van der Waals surface area contributed by atoms with E-state index in [1.54, 1.807) is 11.0 Å². The molecule has 1 saturated heterocycles. The molecule has 0 bridgehead atoms. The minimum absolute atomic E-state index is 0.00517. The fourth-order valence-corrected chi connectivity index (χ4v) is 4.63. The maximum Gasteiger partial charge on any atom is 0.253 e. The summed E-state index contributed by atoms with van der Waals surface area (Å²) in [6.07, 6.45) is 4.48. The van der Waals surface area contributed by atoms with Crippen molar-refractivity contribution < 1.29 is 9.59 Å². The first-order chi connectivity index (χ1) is 17.8. The highest BCUT2D eigenvalue weighted by Gasteiger charge is 2.43. The minimum Gasteiger partial charge on any atom is -0.358 e. The second kappa shape index (κ2) is 11.3. The smallest absolute Gasteiger partial charge is 0.253 e. The molecule has 0 aromatic carbocycles. The molecular weight excluding hydrogens is 508 g/mol. The second-order valence-corrected chi connectivity index (χ2v) is 9.12. The number of hydrogen-bond acceptors (Lipinski definition) is 13. The van der Waals surface area contributed by atoms with Crippen molar-refractivity contribution in [2.24, 2.45) is 43.2 Å². The second-order valence-electron chi connectivity index (χ2n) is 8.74. The zero-order valence-electron chi connectivity index (χ0n) is 19.9. The number of likely N-dealkylation sites (tertiary alicyclic amines) is 1. The number of piperidine rings is 1. The van der Waals surface area contributed by atoms with Crippen LogP contribution in [0.1, 0.15) is 25.7 Å². The lowest BCUT2D eigenvalue weighted by atomic mass is 9.88. The molecule has 1 aromatic heterocycles. The van der Waals surface area contributed by atoms with Crippen molar-refractivity contribution in [2.45, 2.75) is 50.0 Å². The number of carbonyl (C=O) groups excluding carboxylic acids is 2. The van der Waals surface area contributed by atoms with Gasteiger partial charge < -0.3 is 27.2 Å². The molecule has 200 valence electrons. The number of aliphatic imine (C=N–C) groups is 1. The van der Waals surface area contributed by atoms with Crippen molar-refractivity contribution in [3.8, 4) is 0 Å². The Morgan fingerprint density at radius 3 is 2.70 bits per heavy atom. The molecule has 3 aliphatic heterocycles. The van der Waals surface area contributed by atoms with Gasteiger partial charge in [-0.25, -0.2) is 15.8 Å². The maximum atomic E-state index is 13.1. The zero-order valence-corrected chi connectivity index (χ0v) is 20.6. The van der Waals surface area contributed by atoms with Gasteiger partial charge in [0.15, 0.2) is 12.0 Å². The third kappa shape index (κ3) is 6.02. The van der Waals surface area contributed by atoms with Gasteiger partial charge in [0.1, 0.15) is 23.9 Å². The van der Waals surface area contributed by atoms with Gasteiger partial charge in [-0.3, -0.25) is 24.6 Å². The van der Waals surface area contributed by atoms with E-state index >= 15 is 0 Å². The van der Waals surface area contributed by atoms with Gasteiger partial charge in [0.25, 0.3) is 5.91 Å². The maximum absolute atomic E-state index is 13.1. The number of nitrogens with two attached hydrogens (primary N) is 3. The highest BCUT2D eigenvalue weighted by Crippen LogP contribution is 2.31. The van der Waals surface area contributed by atoms with Crippen LogP contribution < -0.4 is 33.5 Å². The Hall–Kier alpha value is -4.06. The van der Waals surface area contributed by atoms with Crippen LogP contribution in [0.2, 0.25) is 0 Å². The standard InChI is InChI=1S/C18H29ClN16O2/c19-13-15(30-32-21)26-14(29-31-20)12(25-13)16(37)27-17-28-18(8-35(17)22)3-6-33(7-4-18)11(36)2-1-5-34-10-23-9-24-34/h9-10,12,14,25-26H,1-8,22H2,(H2,20,29)(H2,21,30)(H,27,28,37). The summed E-state index contributed by atoms with van der Waals surface area (Å²) in [6, 6.07) is -1.01. The molecule has 18 nitrogen and oxygen atoms in total. The number of amides is 2. The predicted octanol–water partition coefficient (Wildman–Crippen LogP) is -2.01. The molecule has 19 heteroatoms. The van der Waals surface area contributed by atoms with Crippen LogP contribution in [0, 0.1) is 0 Å². The van der Waals surface area contributed by atoms with Crippen molar-refractivity contribution in [3.63, 3.8) is 0 Å². The van der Waals surface area contributed by atoms with E-state index in [2.05, 4.69) is 46.7 Å². The molecule has 9 N–H and O–H groups in total. The van der Waals surface area contributed by atoms with Gasteiger partial charge in [0.05, 0.1) is 12.1 Å². The molecule has 0 aliphatic carbocycles. The zero-order chi connectivity index (χ0) is 26.4. The summed E-state index contributed by atoms with van der Waals surface area (Å²) >= 11 is 6.13. The summed E-state index contributed by atoms with van der Waals surface area (Å²) in [6.45, 7) is 2.14. The van der Waals surface area contributed by atoms with Gasteiger partial charge in [-0.2, -0.15) is 5.10 Å².